The quantitative estimate of drug-likeness (QED) is 0.588. The zero-order chi connectivity index (χ0) is 19.4. The van der Waals surface area contributed by atoms with Crippen LogP contribution in [0.25, 0.3) is 5.69 Å². The highest BCUT2D eigenvalue weighted by atomic mass is 32.2. The van der Waals surface area contributed by atoms with Gasteiger partial charge in [0.15, 0.2) is 5.82 Å². The highest BCUT2D eigenvalue weighted by molar-refractivity contribution is 7.90. The van der Waals surface area contributed by atoms with E-state index in [1.807, 2.05) is 10.8 Å². The van der Waals surface area contributed by atoms with Gasteiger partial charge in [0.2, 0.25) is 0 Å². The zero-order valence-corrected chi connectivity index (χ0v) is 14.6. The summed E-state index contributed by atoms with van der Waals surface area (Å²) in [4.78, 5) is 12.1. The minimum absolute atomic E-state index is 0.0497. The average Bonchev–Trinajstić information content (AvgIpc) is 3.04. The Morgan fingerprint density at radius 2 is 1.78 bits per heavy atom. The number of anilines is 2. The molecule has 2 amide bonds. The molecule has 0 fully saturated rings. The number of nitrogens with one attached hydrogen (secondary N) is 2. The van der Waals surface area contributed by atoms with Gasteiger partial charge < -0.3 is 5.73 Å². The second-order valence-corrected chi connectivity index (χ2v) is 7.08. The molecular formula is C17H14N6O3S. The summed E-state index contributed by atoms with van der Waals surface area (Å²) in [5.41, 5.74) is 6.60. The molecule has 0 aliphatic heterocycles. The zero-order valence-electron chi connectivity index (χ0n) is 13.8. The number of nitriles is 1. The normalized spacial score (nSPS) is 10.8. The van der Waals surface area contributed by atoms with Crippen LogP contribution >= 0.6 is 0 Å². The maximum atomic E-state index is 12.3. The van der Waals surface area contributed by atoms with E-state index in [9.17, 15) is 18.5 Å². The van der Waals surface area contributed by atoms with Crippen LogP contribution in [0.3, 0.4) is 0 Å². The lowest BCUT2D eigenvalue weighted by Gasteiger charge is -2.11. The summed E-state index contributed by atoms with van der Waals surface area (Å²) in [6.45, 7) is 0. The van der Waals surface area contributed by atoms with Gasteiger partial charge in [0, 0.05) is 5.69 Å². The summed E-state index contributed by atoms with van der Waals surface area (Å²) < 4.78 is 27.8. The SMILES string of the molecule is N#Cc1cnn(-c2ccccc2)c1NC(=O)NS(=O)(=O)c1ccc(N)cc1. The Morgan fingerprint density at radius 3 is 2.41 bits per heavy atom. The highest BCUT2D eigenvalue weighted by Crippen LogP contribution is 2.19. The standard InChI is InChI=1S/C17H14N6O3S/c18-10-12-11-20-23(14-4-2-1-3-5-14)16(12)21-17(24)22-27(25,26)15-8-6-13(19)7-9-15/h1-9,11H,19H2,(H2,21,22,24). The van der Waals surface area contributed by atoms with E-state index in [0.717, 1.165) is 0 Å². The van der Waals surface area contributed by atoms with Gasteiger partial charge in [-0.2, -0.15) is 10.4 Å². The van der Waals surface area contributed by atoms with Crippen LogP contribution < -0.4 is 15.8 Å². The first-order valence-corrected chi connectivity index (χ1v) is 9.12. The van der Waals surface area contributed by atoms with Crippen molar-refractivity contribution in [3.05, 3.63) is 66.4 Å². The number of carbonyl (C=O) groups excluding carboxylic acids is 1. The van der Waals surface area contributed by atoms with Crippen LogP contribution in [0.2, 0.25) is 0 Å². The molecule has 3 aromatic rings. The van der Waals surface area contributed by atoms with Crippen molar-refractivity contribution in [2.24, 2.45) is 0 Å². The summed E-state index contributed by atoms with van der Waals surface area (Å²) >= 11 is 0. The van der Waals surface area contributed by atoms with Crippen molar-refractivity contribution < 1.29 is 13.2 Å². The fourth-order valence-electron chi connectivity index (χ4n) is 2.28. The van der Waals surface area contributed by atoms with Gasteiger partial charge in [-0.05, 0) is 36.4 Å². The molecule has 136 valence electrons. The molecule has 0 spiro atoms. The number of carbonyl (C=O) groups is 1. The van der Waals surface area contributed by atoms with Crippen LogP contribution in [0.15, 0.2) is 65.7 Å². The fourth-order valence-corrected chi connectivity index (χ4v) is 3.18. The van der Waals surface area contributed by atoms with Crippen LogP contribution in [0.4, 0.5) is 16.3 Å². The van der Waals surface area contributed by atoms with Gasteiger partial charge in [-0.25, -0.2) is 22.6 Å². The van der Waals surface area contributed by atoms with Gasteiger partial charge in [-0.1, -0.05) is 18.2 Å². The minimum Gasteiger partial charge on any atom is -0.399 e. The summed E-state index contributed by atoms with van der Waals surface area (Å²) in [5, 5.41) is 15.7. The van der Waals surface area contributed by atoms with Gasteiger partial charge in [-0.3, -0.25) is 5.32 Å². The topological polar surface area (TPSA) is 143 Å². The second kappa shape index (κ2) is 7.19. The minimum atomic E-state index is -4.11. The Bertz CT molecular complexity index is 1120. The van der Waals surface area contributed by atoms with Crippen molar-refractivity contribution in [1.29, 1.82) is 5.26 Å². The van der Waals surface area contributed by atoms with Crippen LogP contribution in [0.5, 0.6) is 0 Å². The smallest absolute Gasteiger partial charge is 0.334 e. The Labute approximate surface area is 155 Å². The summed E-state index contributed by atoms with van der Waals surface area (Å²) in [6, 6.07) is 15.0. The third-order valence-electron chi connectivity index (χ3n) is 3.54. The summed E-state index contributed by atoms with van der Waals surface area (Å²) in [7, 11) is -4.11. The van der Waals surface area contributed by atoms with Crippen LogP contribution in [0, 0.1) is 11.3 Å². The molecule has 10 heteroatoms. The van der Waals surface area contributed by atoms with E-state index in [-0.39, 0.29) is 16.3 Å². The predicted molar refractivity (Wildman–Crippen MR) is 98.5 cm³/mol. The number of nitrogens with two attached hydrogens (primary N) is 1. The number of aromatic nitrogens is 2. The molecule has 0 atom stereocenters. The first-order chi connectivity index (χ1) is 12.9. The van der Waals surface area contributed by atoms with Gasteiger partial charge in [-0.15, -0.1) is 0 Å². The Kier molecular flexibility index (Phi) is 4.78. The van der Waals surface area contributed by atoms with Crippen LogP contribution in [0.1, 0.15) is 5.56 Å². The first-order valence-electron chi connectivity index (χ1n) is 7.63. The molecule has 1 heterocycles. The molecule has 27 heavy (non-hydrogen) atoms. The van der Waals surface area contributed by atoms with E-state index >= 15 is 0 Å². The number of benzene rings is 2. The number of sulfonamides is 1. The molecular weight excluding hydrogens is 368 g/mol. The Morgan fingerprint density at radius 1 is 1.11 bits per heavy atom. The van der Waals surface area contributed by atoms with Crippen molar-refractivity contribution in [1.82, 2.24) is 14.5 Å². The lowest BCUT2D eigenvalue weighted by molar-refractivity contribution is 0.256. The van der Waals surface area contributed by atoms with E-state index in [1.54, 1.807) is 30.3 Å². The third kappa shape index (κ3) is 3.88. The number of urea groups is 1. The molecule has 9 nitrogen and oxygen atoms in total. The van der Waals surface area contributed by atoms with Crippen molar-refractivity contribution in [2.45, 2.75) is 4.90 Å². The van der Waals surface area contributed by atoms with E-state index in [2.05, 4.69) is 10.4 Å². The van der Waals surface area contributed by atoms with Crippen molar-refractivity contribution >= 4 is 27.6 Å². The molecule has 0 radical (unpaired) electrons. The number of rotatable bonds is 4. The number of para-hydroxylation sites is 1. The molecule has 0 saturated heterocycles. The van der Waals surface area contributed by atoms with Crippen molar-refractivity contribution in [2.75, 3.05) is 11.1 Å². The largest absolute Gasteiger partial charge is 0.399 e. The third-order valence-corrected chi connectivity index (χ3v) is 4.89. The lowest BCUT2D eigenvalue weighted by Crippen LogP contribution is -2.35. The number of amides is 2. The molecule has 2 aromatic carbocycles. The number of nitrogens with zero attached hydrogens (tertiary/aromatic N) is 3. The highest BCUT2D eigenvalue weighted by Gasteiger charge is 2.20. The summed E-state index contributed by atoms with van der Waals surface area (Å²) in [6.07, 6.45) is 1.27. The first kappa shape index (κ1) is 18.0. The van der Waals surface area contributed by atoms with E-state index in [0.29, 0.717) is 11.4 Å². The molecule has 0 aliphatic rings. The second-order valence-electron chi connectivity index (χ2n) is 5.39. The molecule has 0 saturated carbocycles. The van der Waals surface area contributed by atoms with E-state index in [1.165, 1.54) is 35.1 Å². The van der Waals surface area contributed by atoms with Crippen molar-refractivity contribution in [3.63, 3.8) is 0 Å². The number of nitrogen functional groups attached to an aromatic ring is 1. The predicted octanol–water partition coefficient (Wildman–Crippen LogP) is 1.84. The van der Waals surface area contributed by atoms with Gasteiger partial charge in [0.25, 0.3) is 10.0 Å². The van der Waals surface area contributed by atoms with Crippen LogP contribution in [-0.2, 0) is 10.0 Å². The molecule has 3 rings (SSSR count). The van der Waals surface area contributed by atoms with Gasteiger partial charge >= 0.3 is 6.03 Å². The van der Waals surface area contributed by atoms with Crippen LogP contribution in [-0.4, -0.2) is 24.2 Å². The molecule has 0 bridgehead atoms. The van der Waals surface area contributed by atoms with Crippen molar-refractivity contribution in [3.8, 4) is 11.8 Å². The monoisotopic (exact) mass is 382 g/mol. The van der Waals surface area contributed by atoms with Gasteiger partial charge in [0.1, 0.15) is 11.6 Å². The average molecular weight is 382 g/mol. The fraction of sp³-hybridized carbons (Fsp3) is 0. The summed E-state index contributed by atoms with van der Waals surface area (Å²) in [5.74, 6) is 0.0497. The maximum absolute atomic E-state index is 12.3. The Balaban J connectivity index is 1.85. The molecule has 0 aliphatic carbocycles. The maximum Gasteiger partial charge on any atom is 0.334 e. The number of hydrogen-bond donors (Lipinski definition) is 3. The van der Waals surface area contributed by atoms with Gasteiger partial charge in [0.05, 0.1) is 16.8 Å². The lowest BCUT2D eigenvalue weighted by atomic mass is 10.3. The van der Waals surface area contributed by atoms with E-state index < -0.39 is 16.1 Å². The Hall–Kier alpha value is -3.84. The molecule has 0 unspecified atom stereocenters. The number of hydrogen-bond acceptors (Lipinski definition) is 6. The molecule has 4 N–H and O–H groups in total. The van der Waals surface area contributed by atoms with E-state index in [4.69, 9.17) is 5.73 Å². The molecule has 1 aromatic heterocycles.